The second-order valence-corrected chi connectivity index (χ2v) is 6.51. The molecule has 1 unspecified atom stereocenters. The molecule has 1 aliphatic heterocycles. The van der Waals surface area contributed by atoms with E-state index in [1.807, 2.05) is 43.5 Å². The molecule has 3 heterocycles. The number of hydrogen-bond donors (Lipinski definition) is 2. The quantitative estimate of drug-likeness (QED) is 0.768. The van der Waals surface area contributed by atoms with Gasteiger partial charge in [-0.3, -0.25) is 4.90 Å². The van der Waals surface area contributed by atoms with Gasteiger partial charge in [0.1, 0.15) is 17.9 Å². The fourth-order valence-corrected chi connectivity index (χ4v) is 3.37. The van der Waals surface area contributed by atoms with Crippen molar-refractivity contribution in [3.8, 4) is 11.4 Å². The number of anilines is 1. The number of fused-ring (bicyclic) bond motifs is 1. The fraction of sp³-hybridized carbons (Fsp3) is 0.368. The summed E-state index contributed by atoms with van der Waals surface area (Å²) in [5, 5.41) is 9.80. The molecule has 25 heavy (non-hydrogen) atoms. The molecule has 0 amide bonds. The van der Waals surface area contributed by atoms with Crippen LogP contribution in [0, 0.1) is 0 Å². The van der Waals surface area contributed by atoms with Crippen LogP contribution in [0.15, 0.2) is 42.6 Å². The van der Waals surface area contributed by atoms with Crippen LogP contribution in [0.25, 0.3) is 22.4 Å². The summed E-state index contributed by atoms with van der Waals surface area (Å²) in [6.07, 6.45) is 2.46. The molecular weight excluding hydrogens is 314 g/mol. The fourth-order valence-electron chi connectivity index (χ4n) is 3.37. The maximum absolute atomic E-state index is 9.80. The van der Waals surface area contributed by atoms with Gasteiger partial charge in [-0.2, -0.15) is 0 Å². The predicted molar refractivity (Wildman–Crippen MR) is 99.4 cm³/mol. The smallest absolute Gasteiger partial charge is 0.138 e. The van der Waals surface area contributed by atoms with Crippen LogP contribution in [0.5, 0.6) is 0 Å². The average Bonchev–Trinajstić information content (AvgIpc) is 2.90. The first-order chi connectivity index (χ1) is 12.2. The van der Waals surface area contributed by atoms with E-state index in [9.17, 15) is 5.11 Å². The number of hydrogen-bond acceptors (Lipinski definition) is 5. The van der Waals surface area contributed by atoms with Gasteiger partial charge in [0.2, 0.25) is 0 Å². The molecule has 0 bridgehead atoms. The predicted octanol–water partition coefficient (Wildman–Crippen LogP) is 2.48. The number of aromatic nitrogens is 3. The van der Waals surface area contributed by atoms with E-state index in [1.54, 1.807) is 0 Å². The zero-order chi connectivity index (χ0) is 17.2. The van der Waals surface area contributed by atoms with Crippen molar-refractivity contribution in [3.63, 3.8) is 0 Å². The number of aromatic amines is 1. The maximum Gasteiger partial charge on any atom is 0.138 e. The Bertz CT molecular complexity index is 827. The van der Waals surface area contributed by atoms with Crippen molar-refractivity contribution in [2.24, 2.45) is 0 Å². The Labute approximate surface area is 147 Å². The second-order valence-electron chi connectivity index (χ2n) is 6.51. The van der Waals surface area contributed by atoms with E-state index in [0.29, 0.717) is 0 Å². The van der Waals surface area contributed by atoms with Gasteiger partial charge in [-0.25, -0.2) is 9.97 Å². The minimum absolute atomic E-state index is 0.394. The first kappa shape index (κ1) is 16.1. The maximum atomic E-state index is 9.80. The Hall–Kier alpha value is -2.44. The van der Waals surface area contributed by atoms with Gasteiger partial charge < -0.3 is 15.0 Å². The van der Waals surface area contributed by atoms with Crippen LogP contribution in [-0.4, -0.2) is 57.4 Å². The van der Waals surface area contributed by atoms with Crippen molar-refractivity contribution in [1.82, 2.24) is 19.9 Å². The average molecular weight is 337 g/mol. The molecule has 1 saturated heterocycles. The lowest BCUT2D eigenvalue weighted by Gasteiger charge is -2.24. The zero-order valence-electron chi connectivity index (χ0n) is 14.4. The lowest BCUT2D eigenvalue weighted by Crippen LogP contribution is -2.36. The summed E-state index contributed by atoms with van der Waals surface area (Å²) < 4.78 is 0. The number of aliphatic hydroxyl groups excluding tert-OH is 1. The Morgan fingerprint density at radius 2 is 2.00 bits per heavy atom. The van der Waals surface area contributed by atoms with Crippen LogP contribution in [0.1, 0.15) is 13.3 Å². The Kier molecular flexibility index (Phi) is 4.38. The summed E-state index contributed by atoms with van der Waals surface area (Å²) in [4.78, 5) is 17.0. The van der Waals surface area contributed by atoms with E-state index in [-0.39, 0.29) is 0 Å². The third kappa shape index (κ3) is 3.36. The summed E-state index contributed by atoms with van der Waals surface area (Å²) in [6, 6.07) is 12.1. The molecule has 6 nitrogen and oxygen atoms in total. The number of para-hydroxylation sites is 2. The van der Waals surface area contributed by atoms with E-state index in [4.69, 9.17) is 0 Å². The number of aliphatic hydroxyl groups is 1. The van der Waals surface area contributed by atoms with Gasteiger partial charge in [0.15, 0.2) is 0 Å². The van der Waals surface area contributed by atoms with Crippen molar-refractivity contribution in [2.75, 3.05) is 31.1 Å². The highest BCUT2D eigenvalue weighted by atomic mass is 16.3. The standard InChI is InChI=1S/C19H23N5O/c1-14(25)23-9-4-10-24(12-11-23)18-13-15(7-8-20-18)19-21-16-5-2-3-6-17(16)22-19/h2-3,5-8,13-14,25H,4,9-12H2,1H3,(H,21,22). The molecule has 1 aromatic carbocycles. The third-order valence-electron chi connectivity index (χ3n) is 4.79. The largest absolute Gasteiger partial charge is 0.379 e. The number of imidazole rings is 1. The summed E-state index contributed by atoms with van der Waals surface area (Å²) in [7, 11) is 0. The Morgan fingerprint density at radius 3 is 2.84 bits per heavy atom. The minimum atomic E-state index is -0.394. The second kappa shape index (κ2) is 6.82. The van der Waals surface area contributed by atoms with Gasteiger partial charge in [-0.1, -0.05) is 12.1 Å². The number of rotatable bonds is 3. The van der Waals surface area contributed by atoms with Crippen LogP contribution >= 0.6 is 0 Å². The molecule has 1 aliphatic rings. The molecule has 130 valence electrons. The summed E-state index contributed by atoms with van der Waals surface area (Å²) in [5.74, 6) is 1.83. The zero-order valence-corrected chi connectivity index (χ0v) is 14.4. The SMILES string of the molecule is CC(O)N1CCCN(c2cc(-c3nc4ccccc4[nH]3)ccn2)CC1. The monoisotopic (exact) mass is 337 g/mol. The molecule has 0 radical (unpaired) electrons. The highest BCUT2D eigenvalue weighted by Crippen LogP contribution is 2.24. The number of nitrogens with one attached hydrogen (secondary N) is 1. The van der Waals surface area contributed by atoms with Gasteiger partial charge in [0, 0.05) is 37.9 Å². The summed E-state index contributed by atoms with van der Waals surface area (Å²) >= 11 is 0. The van der Waals surface area contributed by atoms with E-state index < -0.39 is 6.23 Å². The van der Waals surface area contributed by atoms with Crippen LogP contribution < -0.4 is 4.90 Å². The molecule has 0 saturated carbocycles. The molecule has 1 atom stereocenters. The van der Waals surface area contributed by atoms with Gasteiger partial charge in [-0.15, -0.1) is 0 Å². The summed E-state index contributed by atoms with van der Waals surface area (Å²) in [6.45, 7) is 5.39. The molecule has 0 spiro atoms. The van der Waals surface area contributed by atoms with Crippen LogP contribution in [0.2, 0.25) is 0 Å². The third-order valence-corrected chi connectivity index (χ3v) is 4.79. The lowest BCUT2D eigenvalue weighted by molar-refractivity contribution is 0.0238. The van der Waals surface area contributed by atoms with Gasteiger partial charge in [-0.05, 0) is 37.6 Å². The molecule has 3 aromatic rings. The summed E-state index contributed by atoms with van der Waals surface area (Å²) in [5.41, 5.74) is 3.05. The molecule has 4 rings (SSSR count). The van der Waals surface area contributed by atoms with Gasteiger partial charge in [0.05, 0.1) is 11.0 Å². The first-order valence-electron chi connectivity index (χ1n) is 8.79. The minimum Gasteiger partial charge on any atom is -0.379 e. The molecule has 6 heteroatoms. The lowest BCUT2D eigenvalue weighted by atomic mass is 10.2. The van der Waals surface area contributed by atoms with Crippen molar-refractivity contribution in [2.45, 2.75) is 19.6 Å². The van der Waals surface area contributed by atoms with Crippen molar-refractivity contribution >= 4 is 16.9 Å². The van der Waals surface area contributed by atoms with Gasteiger partial charge >= 0.3 is 0 Å². The van der Waals surface area contributed by atoms with Crippen molar-refractivity contribution in [1.29, 1.82) is 0 Å². The van der Waals surface area contributed by atoms with Crippen LogP contribution in [0.4, 0.5) is 5.82 Å². The highest BCUT2D eigenvalue weighted by Gasteiger charge is 2.19. The number of pyridine rings is 1. The normalized spacial score (nSPS) is 17.6. The van der Waals surface area contributed by atoms with Crippen LogP contribution in [0.3, 0.4) is 0 Å². The van der Waals surface area contributed by atoms with E-state index in [0.717, 1.165) is 60.8 Å². The molecule has 2 N–H and O–H groups in total. The van der Waals surface area contributed by atoms with E-state index in [1.165, 1.54) is 0 Å². The van der Waals surface area contributed by atoms with Crippen LogP contribution in [-0.2, 0) is 0 Å². The number of benzene rings is 1. The number of nitrogens with zero attached hydrogens (tertiary/aromatic N) is 4. The molecular formula is C19H23N5O. The van der Waals surface area contributed by atoms with E-state index >= 15 is 0 Å². The molecule has 2 aromatic heterocycles. The highest BCUT2D eigenvalue weighted by molar-refractivity contribution is 5.79. The first-order valence-corrected chi connectivity index (χ1v) is 8.79. The molecule has 0 aliphatic carbocycles. The Balaban J connectivity index is 1.59. The topological polar surface area (TPSA) is 68.3 Å². The molecule has 1 fully saturated rings. The van der Waals surface area contributed by atoms with Crippen molar-refractivity contribution < 1.29 is 5.11 Å². The van der Waals surface area contributed by atoms with Gasteiger partial charge in [0.25, 0.3) is 0 Å². The van der Waals surface area contributed by atoms with E-state index in [2.05, 4.69) is 30.8 Å². The number of H-pyrrole nitrogens is 1. The Morgan fingerprint density at radius 1 is 1.12 bits per heavy atom. The van der Waals surface area contributed by atoms with Crippen molar-refractivity contribution in [3.05, 3.63) is 42.6 Å².